The molecule has 0 aliphatic heterocycles. The molecule has 2 aromatic heterocycles. The van der Waals surface area contributed by atoms with E-state index in [-0.39, 0.29) is 10.7 Å². The summed E-state index contributed by atoms with van der Waals surface area (Å²) in [6.07, 6.45) is 4.71. The lowest BCUT2D eigenvalue weighted by Crippen LogP contribution is -2.10. The SMILES string of the molecule is CS(=O)(=O)c1cccnc1NCCc1coc(-c2ccc(F)cc2)n1. The molecule has 0 saturated heterocycles. The van der Waals surface area contributed by atoms with Gasteiger partial charge in [-0.15, -0.1) is 0 Å². The molecule has 0 fully saturated rings. The molecule has 0 aliphatic rings. The minimum Gasteiger partial charge on any atom is -0.444 e. The van der Waals surface area contributed by atoms with Gasteiger partial charge in [-0.3, -0.25) is 0 Å². The van der Waals surface area contributed by atoms with Gasteiger partial charge in [-0.25, -0.2) is 22.8 Å². The lowest BCUT2D eigenvalue weighted by Gasteiger charge is -2.08. The van der Waals surface area contributed by atoms with Crippen LogP contribution in [0.3, 0.4) is 0 Å². The number of aromatic nitrogens is 2. The molecule has 130 valence electrons. The van der Waals surface area contributed by atoms with Gasteiger partial charge in [0.25, 0.3) is 0 Å². The van der Waals surface area contributed by atoms with Gasteiger partial charge >= 0.3 is 0 Å². The first-order valence-corrected chi connectivity index (χ1v) is 9.42. The fourth-order valence-corrected chi connectivity index (χ4v) is 3.08. The molecule has 1 aromatic carbocycles. The maximum absolute atomic E-state index is 12.9. The standard InChI is InChI=1S/C17H16FN3O3S/c1-25(22,23)15-3-2-9-19-16(15)20-10-8-14-11-24-17(21-14)12-4-6-13(18)7-5-12/h2-7,9,11H,8,10H2,1H3,(H,19,20). The zero-order valence-corrected chi connectivity index (χ0v) is 14.3. The first kappa shape index (κ1) is 17.1. The largest absolute Gasteiger partial charge is 0.444 e. The van der Waals surface area contributed by atoms with Crippen molar-refractivity contribution in [2.45, 2.75) is 11.3 Å². The van der Waals surface area contributed by atoms with Crippen molar-refractivity contribution in [1.82, 2.24) is 9.97 Å². The van der Waals surface area contributed by atoms with Gasteiger partial charge in [0.1, 0.15) is 22.8 Å². The van der Waals surface area contributed by atoms with Gasteiger partial charge in [0, 0.05) is 31.0 Å². The Kier molecular flexibility index (Phi) is 4.80. The van der Waals surface area contributed by atoms with Crippen LogP contribution in [0.2, 0.25) is 0 Å². The maximum atomic E-state index is 12.9. The molecule has 0 bridgehead atoms. The van der Waals surface area contributed by atoms with Crippen LogP contribution in [0, 0.1) is 5.82 Å². The molecule has 3 aromatic rings. The number of anilines is 1. The molecule has 25 heavy (non-hydrogen) atoms. The number of hydrogen-bond acceptors (Lipinski definition) is 6. The van der Waals surface area contributed by atoms with Crippen LogP contribution in [0.15, 0.2) is 58.2 Å². The van der Waals surface area contributed by atoms with Crippen LogP contribution in [-0.4, -0.2) is 31.2 Å². The Balaban J connectivity index is 1.65. The number of benzene rings is 1. The van der Waals surface area contributed by atoms with Gasteiger partial charge in [0.2, 0.25) is 5.89 Å². The zero-order valence-electron chi connectivity index (χ0n) is 13.4. The number of halogens is 1. The van der Waals surface area contributed by atoms with Crippen LogP contribution < -0.4 is 5.32 Å². The van der Waals surface area contributed by atoms with Crippen LogP contribution in [-0.2, 0) is 16.3 Å². The van der Waals surface area contributed by atoms with Crippen molar-refractivity contribution in [3.8, 4) is 11.5 Å². The molecule has 3 rings (SSSR count). The van der Waals surface area contributed by atoms with Crippen molar-refractivity contribution >= 4 is 15.7 Å². The first-order valence-electron chi connectivity index (χ1n) is 7.53. The normalized spacial score (nSPS) is 11.4. The van der Waals surface area contributed by atoms with Gasteiger partial charge in [-0.2, -0.15) is 0 Å². The second-order valence-corrected chi connectivity index (χ2v) is 7.43. The molecule has 0 spiro atoms. The Bertz CT molecular complexity index is 969. The van der Waals surface area contributed by atoms with Gasteiger partial charge in [0.05, 0.1) is 5.69 Å². The highest BCUT2D eigenvalue weighted by Crippen LogP contribution is 2.20. The van der Waals surface area contributed by atoms with Crippen molar-refractivity contribution < 1.29 is 17.2 Å². The summed E-state index contributed by atoms with van der Waals surface area (Å²) in [5.41, 5.74) is 1.38. The second kappa shape index (κ2) is 7.02. The fourth-order valence-electron chi connectivity index (χ4n) is 2.28. The summed E-state index contributed by atoms with van der Waals surface area (Å²) in [4.78, 5) is 8.57. The quantitative estimate of drug-likeness (QED) is 0.727. The number of rotatable bonds is 6. The summed E-state index contributed by atoms with van der Waals surface area (Å²) in [6.45, 7) is 0.439. The molecule has 0 radical (unpaired) electrons. The average Bonchev–Trinajstić information content (AvgIpc) is 3.04. The van der Waals surface area contributed by atoms with Crippen molar-refractivity contribution in [2.24, 2.45) is 0 Å². The van der Waals surface area contributed by atoms with Crippen molar-refractivity contribution in [1.29, 1.82) is 0 Å². The lowest BCUT2D eigenvalue weighted by atomic mass is 10.2. The van der Waals surface area contributed by atoms with E-state index in [9.17, 15) is 12.8 Å². The fraction of sp³-hybridized carbons (Fsp3) is 0.176. The van der Waals surface area contributed by atoms with E-state index >= 15 is 0 Å². The van der Waals surface area contributed by atoms with Gasteiger partial charge in [-0.05, 0) is 36.4 Å². The predicted molar refractivity (Wildman–Crippen MR) is 91.4 cm³/mol. The number of hydrogen-bond donors (Lipinski definition) is 1. The van der Waals surface area contributed by atoms with E-state index in [4.69, 9.17) is 4.42 Å². The summed E-state index contributed by atoms with van der Waals surface area (Å²) < 4.78 is 41.8. The number of oxazole rings is 1. The van der Waals surface area contributed by atoms with Crippen molar-refractivity contribution in [3.05, 3.63) is 60.4 Å². The molecule has 0 saturated carbocycles. The topological polar surface area (TPSA) is 85.1 Å². The summed E-state index contributed by atoms with van der Waals surface area (Å²) in [5.74, 6) is 0.397. The third-order valence-corrected chi connectivity index (χ3v) is 4.62. The van der Waals surface area contributed by atoms with Gasteiger partial charge < -0.3 is 9.73 Å². The Morgan fingerprint density at radius 2 is 1.96 bits per heavy atom. The first-order chi connectivity index (χ1) is 11.9. The Morgan fingerprint density at radius 1 is 1.20 bits per heavy atom. The van der Waals surface area contributed by atoms with Crippen LogP contribution in [0.1, 0.15) is 5.69 Å². The zero-order chi connectivity index (χ0) is 17.9. The summed E-state index contributed by atoms with van der Waals surface area (Å²) in [6, 6.07) is 8.95. The van der Waals surface area contributed by atoms with E-state index in [2.05, 4.69) is 15.3 Å². The molecular formula is C17H16FN3O3S. The highest BCUT2D eigenvalue weighted by Gasteiger charge is 2.14. The molecule has 6 nitrogen and oxygen atoms in total. The van der Waals surface area contributed by atoms with Crippen LogP contribution in [0.5, 0.6) is 0 Å². The molecule has 0 unspecified atom stereocenters. The number of sulfone groups is 1. The smallest absolute Gasteiger partial charge is 0.226 e. The molecule has 2 heterocycles. The minimum absolute atomic E-state index is 0.155. The third-order valence-electron chi connectivity index (χ3n) is 3.49. The number of nitrogens with zero attached hydrogens (tertiary/aromatic N) is 2. The van der Waals surface area contributed by atoms with Gasteiger partial charge in [0.15, 0.2) is 9.84 Å². The molecule has 0 aliphatic carbocycles. The maximum Gasteiger partial charge on any atom is 0.226 e. The Morgan fingerprint density at radius 3 is 2.68 bits per heavy atom. The van der Waals surface area contributed by atoms with E-state index in [1.54, 1.807) is 18.2 Å². The highest BCUT2D eigenvalue weighted by atomic mass is 32.2. The van der Waals surface area contributed by atoms with Crippen LogP contribution >= 0.6 is 0 Å². The average molecular weight is 361 g/mol. The van der Waals surface area contributed by atoms with E-state index in [0.717, 1.165) is 6.26 Å². The van der Waals surface area contributed by atoms with Crippen LogP contribution in [0.25, 0.3) is 11.5 Å². The van der Waals surface area contributed by atoms with Crippen molar-refractivity contribution in [2.75, 3.05) is 18.1 Å². The number of nitrogens with one attached hydrogen (secondary N) is 1. The molecular weight excluding hydrogens is 345 g/mol. The summed E-state index contributed by atoms with van der Waals surface area (Å²) in [5, 5.41) is 3.00. The predicted octanol–water partition coefficient (Wildman–Crippen LogP) is 2.93. The third kappa shape index (κ3) is 4.21. The molecule has 0 atom stereocenters. The van der Waals surface area contributed by atoms with E-state index in [1.807, 2.05) is 0 Å². The summed E-state index contributed by atoms with van der Waals surface area (Å²) >= 11 is 0. The van der Waals surface area contributed by atoms with E-state index in [1.165, 1.54) is 30.7 Å². The second-order valence-electron chi connectivity index (χ2n) is 5.45. The molecule has 1 N–H and O–H groups in total. The summed E-state index contributed by atoms with van der Waals surface area (Å²) in [7, 11) is -3.35. The van der Waals surface area contributed by atoms with E-state index in [0.29, 0.717) is 35.9 Å². The molecule has 8 heteroatoms. The van der Waals surface area contributed by atoms with Gasteiger partial charge in [-0.1, -0.05) is 0 Å². The van der Waals surface area contributed by atoms with E-state index < -0.39 is 9.84 Å². The van der Waals surface area contributed by atoms with Crippen molar-refractivity contribution in [3.63, 3.8) is 0 Å². The highest BCUT2D eigenvalue weighted by molar-refractivity contribution is 7.90. The van der Waals surface area contributed by atoms with Crippen LogP contribution in [0.4, 0.5) is 10.2 Å². The monoisotopic (exact) mass is 361 g/mol. The Labute approximate surface area is 144 Å². The minimum atomic E-state index is -3.35. The Hall–Kier alpha value is -2.74. The molecule has 0 amide bonds. The number of pyridine rings is 1. The lowest BCUT2D eigenvalue weighted by molar-refractivity contribution is 0.572.